The molecule has 2 amide bonds. The number of amides is 2. The Kier molecular flexibility index (Phi) is 8.67. The van der Waals surface area contributed by atoms with Crippen molar-refractivity contribution in [1.82, 2.24) is 9.88 Å². The molecule has 8 heteroatoms. The number of unbranched alkanes of at least 4 members (excludes halogenated alkanes) is 2. The van der Waals surface area contributed by atoms with Gasteiger partial charge in [-0.25, -0.2) is 0 Å². The molecule has 0 bridgehead atoms. The first-order chi connectivity index (χ1) is 22.0. The lowest BCUT2D eigenvalue weighted by molar-refractivity contribution is 0.0173. The van der Waals surface area contributed by atoms with Gasteiger partial charge in [0.1, 0.15) is 5.75 Å². The molecule has 2 heterocycles. The van der Waals surface area contributed by atoms with E-state index >= 15 is 0 Å². The highest BCUT2D eigenvalue weighted by Gasteiger charge is 2.48. The highest BCUT2D eigenvalue weighted by molar-refractivity contribution is 7.99. The Balaban J connectivity index is 0.932. The number of hydrogen-bond acceptors (Lipinski definition) is 6. The smallest absolute Gasteiger partial charge is 0.261 e. The van der Waals surface area contributed by atoms with Crippen molar-refractivity contribution in [2.45, 2.75) is 68.2 Å². The van der Waals surface area contributed by atoms with Crippen molar-refractivity contribution in [2.75, 3.05) is 12.3 Å². The van der Waals surface area contributed by atoms with Crippen molar-refractivity contribution in [1.29, 1.82) is 0 Å². The summed E-state index contributed by atoms with van der Waals surface area (Å²) in [5.74, 6) is 1.50. The van der Waals surface area contributed by atoms with Crippen molar-refractivity contribution in [3.8, 4) is 16.9 Å². The van der Waals surface area contributed by atoms with Crippen LogP contribution in [0.1, 0.15) is 76.8 Å². The fourth-order valence-corrected chi connectivity index (χ4v) is 7.05. The number of benzene rings is 3. The van der Waals surface area contributed by atoms with Crippen LogP contribution in [-0.2, 0) is 16.9 Å². The van der Waals surface area contributed by atoms with Gasteiger partial charge >= 0.3 is 0 Å². The predicted octanol–water partition coefficient (Wildman–Crippen LogP) is 8.71. The van der Waals surface area contributed by atoms with Gasteiger partial charge in [-0.1, -0.05) is 48.4 Å². The van der Waals surface area contributed by atoms with Gasteiger partial charge in [0.15, 0.2) is 0 Å². The van der Waals surface area contributed by atoms with E-state index in [4.69, 9.17) is 21.1 Å². The molecule has 45 heavy (non-hydrogen) atoms. The fraction of sp³-hybridized carbons (Fsp3) is 0.324. The maximum Gasteiger partial charge on any atom is 0.261 e. The number of ether oxygens (including phenoxy) is 2. The van der Waals surface area contributed by atoms with Gasteiger partial charge in [0.2, 0.25) is 0 Å². The number of carbonyl (C=O) groups is 2. The van der Waals surface area contributed by atoms with Gasteiger partial charge in [-0.2, -0.15) is 0 Å². The molecule has 0 atom stereocenters. The molecule has 0 radical (unpaired) electrons. The van der Waals surface area contributed by atoms with Gasteiger partial charge < -0.3 is 9.47 Å². The summed E-state index contributed by atoms with van der Waals surface area (Å²) in [6.07, 6.45) is 10.9. The van der Waals surface area contributed by atoms with Gasteiger partial charge in [-0.3, -0.25) is 19.5 Å². The third-order valence-corrected chi connectivity index (χ3v) is 10.2. The van der Waals surface area contributed by atoms with Crippen LogP contribution < -0.4 is 4.74 Å². The summed E-state index contributed by atoms with van der Waals surface area (Å²) in [7, 11) is 0. The lowest BCUT2D eigenvalue weighted by Gasteiger charge is -2.22. The van der Waals surface area contributed by atoms with Gasteiger partial charge in [0.05, 0.1) is 29.4 Å². The summed E-state index contributed by atoms with van der Waals surface area (Å²) >= 11 is 8.43. The molecular formula is C37H35ClN2O4S. The third-order valence-electron chi connectivity index (χ3n) is 8.71. The van der Waals surface area contributed by atoms with E-state index in [1.165, 1.54) is 4.90 Å². The Labute approximate surface area is 273 Å². The van der Waals surface area contributed by atoms with Crippen LogP contribution in [0, 0.1) is 0 Å². The minimum absolute atomic E-state index is 0.180. The number of pyridine rings is 1. The van der Waals surface area contributed by atoms with Gasteiger partial charge in [-0.15, -0.1) is 11.8 Å². The lowest BCUT2D eigenvalue weighted by Crippen LogP contribution is -2.30. The SMILES string of the molecule is O=C1c2ccccc2C(=O)N1CCCCCSc1ccc(Cl)c(COC2(c3cnccc3-c3ccccc3OC3CC3)CC2)c1. The molecule has 0 saturated heterocycles. The minimum atomic E-state index is -0.387. The average molecular weight is 639 g/mol. The largest absolute Gasteiger partial charge is 0.490 e. The van der Waals surface area contributed by atoms with Crippen molar-refractivity contribution in [2.24, 2.45) is 0 Å². The summed E-state index contributed by atoms with van der Waals surface area (Å²) in [6.45, 7) is 0.876. The molecule has 3 aliphatic rings. The molecular weight excluding hydrogens is 604 g/mol. The summed E-state index contributed by atoms with van der Waals surface area (Å²) in [5.41, 5.74) is 4.90. The fourth-order valence-electron chi connectivity index (χ4n) is 5.90. The molecule has 3 aromatic carbocycles. The molecule has 2 aliphatic carbocycles. The van der Waals surface area contributed by atoms with E-state index < -0.39 is 0 Å². The number of carbonyl (C=O) groups excluding carboxylic acids is 2. The Morgan fingerprint density at radius 2 is 1.60 bits per heavy atom. The van der Waals surface area contributed by atoms with Gasteiger partial charge in [-0.05, 0) is 97.9 Å². The number of fused-ring (bicyclic) bond motifs is 1. The van der Waals surface area contributed by atoms with Crippen molar-refractivity contribution in [3.05, 3.63) is 112 Å². The van der Waals surface area contributed by atoms with Gasteiger partial charge in [0.25, 0.3) is 11.8 Å². The normalized spacial score (nSPS) is 16.6. The zero-order chi connectivity index (χ0) is 30.8. The van der Waals surface area contributed by atoms with E-state index in [1.54, 1.807) is 36.0 Å². The Hall–Kier alpha value is -3.65. The van der Waals surface area contributed by atoms with Crippen LogP contribution in [0.3, 0.4) is 0 Å². The lowest BCUT2D eigenvalue weighted by atomic mass is 9.96. The second-order valence-corrected chi connectivity index (χ2v) is 13.6. The van der Waals surface area contributed by atoms with E-state index in [2.05, 4.69) is 41.4 Å². The van der Waals surface area contributed by atoms with Crippen LogP contribution in [0.25, 0.3) is 11.1 Å². The Morgan fingerprint density at radius 3 is 2.33 bits per heavy atom. The van der Waals surface area contributed by atoms with Crippen molar-refractivity contribution >= 4 is 35.2 Å². The molecule has 4 aromatic rings. The average Bonchev–Trinajstić information content (AvgIpc) is 4.01. The van der Waals surface area contributed by atoms with Crippen LogP contribution in [-0.4, -0.2) is 40.1 Å². The van der Waals surface area contributed by atoms with Crippen LogP contribution in [0.4, 0.5) is 0 Å². The molecule has 0 N–H and O–H groups in total. The van der Waals surface area contributed by atoms with Crippen molar-refractivity contribution < 1.29 is 19.1 Å². The summed E-state index contributed by atoms with van der Waals surface area (Å²) in [6, 6.07) is 23.5. The number of para-hydroxylation sites is 1. The molecule has 0 spiro atoms. The van der Waals surface area contributed by atoms with E-state index in [1.807, 2.05) is 24.5 Å². The van der Waals surface area contributed by atoms with Crippen LogP contribution in [0.5, 0.6) is 5.75 Å². The Morgan fingerprint density at radius 1 is 0.867 bits per heavy atom. The standard InChI is InChI=1S/C37H35ClN2O4S/c38-33-15-14-27(45-21-7-1-6-20-40-35(41)30-9-2-3-10-31(30)36(40)42)22-25(33)24-43-37(17-18-37)32-23-39-19-16-28(32)29-8-4-5-11-34(29)44-26-12-13-26/h2-5,8-11,14-16,19,22-23,26H,1,6-7,12-13,17-18,20-21,24H2. The first-order valence-corrected chi connectivity index (χ1v) is 17.1. The molecule has 2 saturated carbocycles. The summed E-state index contributed by atoms with van der Waals surface area (Å²) < 4.78 is 12.9. The first kappa shape index (κ1) is 30.0. The molecule has 2 fully saturated rings. The molecule has 0 unspecified atom stereocenters. The number of aromatic nitrogens is 1. The zero-order valence-electron chi connectivity index (χ0n) is 25.0. The van der Waals surface area contributed by atoms with E-state index in [0.29, 0.717) is 35.4 Å². The number of rotatable bonds is 14. The summed E-state index contributed by atoms with van der Waals surface area (Å²) in [5, 5.41) is 0.700. The van der Waals surface area contributed by atoms with Crippen molar-refractivity contribution in [3.63, 3.8) is 0 Å². The second kappa shape index (κ2) is 13.0. The molecule has 1 aromatic heterocycles. The molecule has 230 valence electrons. The topological polar surface area (TPSA) is 68.7 Å². The minimum Gasteiger partial charge on any atom is -0.490 e. The molecule has 7 rings (SSSR count). The van der Waals surface area contributed by atoms with Crippen LogP contribution in [0.2, 0.25) is 5.02 Å². The first-order valence-electron chi connectivity index (χ1n) is 15.7. The monoisotopic (exact) mass is 638 g/mol. The number of nitrogens with zero attached hydrogens (tertiary/aromatic N) is 2. The summed E-state index contributed by atoms with van der Waals surface area (Å²) in [4.78, 5) is 32.2. The van der Waals surface area contributed by atoms with Crippen LogP contribution in [0.15, 0.2) is 90.1 Å². The van der Waals surface area contributed by atoms with E-state index in [9.17, 15) is 9.59 Å². The highest BCUT2D eigenvalue weighted by Crippen LogP contribution is 2.53. The predicted molar refractivity (Wildman–Crippen MR) is 177 cm³/mol. The zero-order valence-corrected chi connectivity index (χ0v) is 26.6. The number of hydrogen-bond donors (Lipinski definition) is 0. The van der Waals surface area contributed by atoms with E-state index in [0.717, 1.165) is 83.6 Å². The van der Waals surface area contributed by atoms with E-state index in [-0.39, 0.29) is 17.4 Å². The number of imide groups is 1. The number of halogens is 1. The molecule has 1 aliphatic heterocycles. The quantitative estimate of drug-likeness (QED) is 0.0782. The maximum atomic E-state index is 12.6. The highest BCUT2D eigenvalue weighted by atomic mass is 35.5. The maximum absolute atomic E-state index is 12.6. The molecule has 6 nitrogen and oxygen atoms in total. The third kappa shape index (κ3) is 6.53. The van der Waals surface area contributed by atoms with Crippen LogP contribution >= 0.6 is 23.4 Å². The number of thioether (sulfide) groups is 1. The Bertz CT molecular complexity index is 1700. The van der Waals surface area contributed by atoms with Gasteiger partial charge in [0, 0.05) is 40.0 Å². The second-order valence-electron chi connectivity index (χ2n) is 12.0.